The second kappa shape index (κ2) is 9.21. The van der Waals surface area contributed by atoms with E-state index in [0.29, 0.717) is 49.8 Å². The number of rotatable bonds is 7. The minimum absolute atomic E-state index is 0.0241. The molecule has 0 aliphatic heterocycles. The number of hydrogen-bond acceptors (Lipinski definition) is 7. The number of hydrogen-bond donors (Lipinski definition) is 0. The first kappa shape index (κ1) is 28.7. The molecule has 0 spiro atoms. The van der Waals surface area contributed by atoms with Gasteiger partial charge in [-0.2, -0.15) is 9.97 Å². The van der Waals surface area contributed by atoms with Crippen LogP contribution in [0.3, 0.4) is 0 Å². The molecular weight excluding hydrogens is 545 g/mol. The molecule has 0 radical (unpaired) electrons. The summed E-state index contributed by atoms with van der Waals surface area (Å²) in [6.45, 7) is 13.1. The van der Waals surface area contributed by atoms with Gasteiger partial charge in [-0.3, -0.25) is 4.79 Å². The van der Waals surface area contributed by atoms with E-state index < -0.39 is 5.67 Å². The molecule has 230 valence electrons. The average Bonchev–Trinajstić information content (AvgIpc) is 3.63. The molecule has 0 unspecified atom stereocenters. The van der Waals surface area contributed by atoms with Gasteiger partial charge in [0, 0.05) is 40.5 Å². The van der Waals surface area contributed by atoms with Crippen LogP contribution in [0.4, 0.5) is 10.1 Å². The van der Waals surface area contributed by atoms with Crippen molar-refractivity contribution in [2.24, 2.45) is 10.8 Å². The van der Waals surface area contributed by atoms with E-state index in [0.717, 1.165) is 55.6 Å². The van der Waals surface area contributed by atoms with Crippen molar-refractivity contribution in [2.75, 3.05) is 11.4 Å². The van der Waals surface area contributed by atoms with Crippen molar-refractivity contribution in [2.45, 2.75) is 128 Å². The maximum Gasteiger partial charge on any atom is 0.232 e. The van der Waals surface area contributed by atoms with Gasteiger partial charge < -0.3 is 13.9 Å². The quantitative estimate of drug-likeness (QED) is 0.280. The maximum absolute atomic E-state index is 14.4. The summed E-state index contributed by atoms with van der Waals surface area (Å²) in [6, 6.07) is 7.93. The number of benzene rings is 1. The zero-order valence-electron chi connectivity index (χ0n) is 26.4. The standard InChI is InChI=1S/C34H44FN5O3/c1-29(2,3)27-36-25(38-42-27)22-8-7-9-23(16-22)40(24(41)17-32-18-34(35,19-32)20-32)21-31-10-13-33(14-11-31,15-12-31)26-37-28(43-39-26)30(4,5)6/h7-9,16H,10-15,17-21H2,1-6H3. The molecule has 2 aromatic heterocycles. The number of nitrogens with zero attached hydrogens (tertiary/aromatic N) is 5. The van der Waals surface area contributed by atoms with Crippen LogP contribution in [-0.2, 0) is 21.0 Å². The largest absolute Gasteiger partial charge is 0.339 e. The second-order valence-electron chi connectivity index (χ2n) is 16.5. The van der Waals surface area contributed by atoms with E-state index in [1.807, 2.05) is 49.9 Å². The third-order valence-corrected chi connectivity index (χ3v) is 10.8. The average molecular weight is 590 g/mol. The topological polar surface area (TPSA) is 98.2 Å². The van der Waals surface area contributed by atoms with Gasteiger partial charge in [-0.1, -0.05) is 64.0 Å². The number of aromatic nitrogens is 4. The molecule has 9 rings (SSSR count). The van der Waals surface area contributed by atoms with Crippen LogP contribution < -0.4 is 4.90 Å². The van der Waals surface area contributed by atoms with Gasteiger partial charge >= 0.3 is 0 Å². The summed E-state index contributed by atoms with van der Waals surface area (Å²) < 4.78 is 25.6. The summed E-state index contributed by atoms with van der Waals surface area (Å²) in [5.74, 6) is 2.73. The van der Waals surface area contributed by atoms with Gasteiger partial charge in [-0.25, -0.2) is 4.39 Å². The number of carbonyl (C=O) groups is 1. The van der Waals surface area contributed by atoms with E-state index in [2.05, 4.69) is 36.1 Å². The van der Waals surface area contributed by atoms with Crippen molar-refractivity contribution in [3.8, 4) is 11.4 Å². The first-order valence-electron chi connectivity index (χ1n) is 15.9. The van der Waals surface area contributed by atoms with Gasteiger partial charge in [-0.15, -0.1) is 0 Å². The number of amides is 1. The first-order chi connectivity index (χ1) is 20.1. The molecule has 3 aromatic rings. The number of carbonyl (C=O) groups excluding carboxylic acids is 1. The minimum atomic E-state index is -1.02. The fourth-order valence-corrected chi connectivity index (χ4v) is 8.16. The Morgan fingerprint density at radius 3 is 2.02 bits per heavy atom. The van der Waals surface area contributed by atoms with Gasteiger partial charge in [0.05, 0.1) is 0 Å². The lowest BCUT2D eigenvalue weighted by atomic mass is 9.41. The van der Waals surface area contributed by atoms with Gasteiger partial charge in [0.1, 0.15) is 5.67 Å². The van der Waals surface area contributed by atoms with Crippen LogP contribution in [0.25, 0.3) is 11.4 Å². The van der Waals surface area contributed by atoms with E-state index in [4.69, 9.17) is 14.0 Å². The summed E-state index contributed by atoms with van der Waals surface area (Å²) in [6.07, 6.45) is 7.96. The highest BCUT2D eigenvalue weighted by Gasteiger charge is 2.69. The van der Waals surface area contributed by atoms with Crippen molar-refractivity contribution < 1.29 is 18.2 Å². The highest BCUT2D eigenvalue weighted by molar-refractivity contribution is 5.94. The molecule has 0 saturated heterocycles. The Morgan fingerprint density at radius 2 is 1.47 bits per heavy atom. The highest BCUT2D eigenvalue weighted by Crippen LogP contribution is 2.71. The lowest BCUT2D eigenvalue weighted by molar-refractivity contribution is -0.215. The molecule has 9 heteroatoms. The van der Waals surface area contributed by atoms with Crippen molar-refractivity contribution in [1.29, 1.82) is 0 Å². The minimum Gasteiger partial charge on any atom is -0.339 e. The van der Waals surface area contributed by atoms with E-state index in [-0.39, 0.29) is 33.0 Å². The Labute approximate surface area is 253 Å². The Balaban J connectivity index is 1.14. The van der Waals surface area contributed by atoms with Crippen molar-refractivity contribution >= 4 is 11.6 Å². The van der Waals surface area contributed by atoms with Gasteiger partial charge in [0.2, 0.25) is 23.5 Å². The molecule has 6 fully saturated rings. The molecule has 43 heavy (non-hydrogen) atoms. The smallest absolute Gasteiger partial charge is 0.232 e. The summed E-state index contributed by atoms with van der Waals surface area (Å²) in [5.41, 5.74) is 0.0203. The lowest BCUT2D eigenvalue weighted by Crippen LogP contribution is -2.65. The highest BCUT2D eigenvalue weighted by atomic mass is 19.1. The van der Waals surface area contributed by atoms with Crippen molar-refractivity contribution in [3.05, 3.63) is 41.9 Å². The van der Waals surface area contributed by atoms with Crippen LogP contribution in [0.2, 0.25) is 0 Å². The third kappa shape index (κ3) is 4.91. The Bertz CT molecular complexity index is 1520. The summed E-state index contributed by atoms with van der Waals surface area (Å²) in [7, 11) is 0. The van der Waals surface area contributed by atoms with Gasteiger partial charge in [0.15, 0.2) is 5.82 Å². The molecule has 6 aliphatic carbocycles. The summed E-state index contributed by atoms with van der Waals surface area (Å²) in [4.78, 5) is 25.6. The SMILES string of the molecule is CC(C)(C)c1nc(-c2cccc(N(CC34CCC(c5noc(C(C)(C)C)n5)(CC3)CC4)C(=O)CC34CC(F)(C3)C4)c2)no1. The van der Waals surface area contributed by atoms with Gasteiger partial charge in [-0.05, 0) is 80.8 Å². The van der Waals surface area contributed by atoms with E-state index in [1.54, 1.807) is 0 Å². The normalized spacial score (nSPS) is 31.4. The van der Waals surface area contributed by atoms with Crippen LogP contribution in [0, 0.1) is 10.8 Å². The molecule has 6 saturated carbocycles. The Hall–Kier alpha value is -3.10. The van der Waals surface area contributed by atoms with Crippen LogP contribution in [0.1, 0.15) is 123 Å². The fourth-order valence-electron chi connectivity index (χ4n) is 8.16. The molecule has 1 aromatic carbocycles. The van der Waals surface area contributed by atoms with Crippen molar-refractivity contribution in [1.82, 2.24) is 20.3 Å². The number of anilines is 1. The maximum atomic E-state index is 14.4. The molecule has 0 N–H and O–H groups in total. The molecular formula is C34H44FN5O3. The Kier molecular flexibility index (Phi) is 6.14. The Morgan fingerprint density at radius 1 is 0.860 bits per heavy atom. The zero-order valence-corrected chi connectivity index (χ0v) is 26.4. The molecule has 4 bridgehead atoms. The van der Waals surface area contributed by atoms with Gasteiger partial charge in [0.25, 0.3) is 0 Å². The lowest BCUT2D eigenvalue weighted by Gasteiger charge is -2.66. The molecule has 2 heterocycles. The number of fused-ring (bicyclic) bond motifs is 3. The van der Waals surface area contributed by atoms with Crippen molar-refractivity contribution in [3.63, 3.8) is 0 Å². The summed E-state index contributed by atoms with van der Waals surface area (Å²) in [5, 5.41) is 8.70. The third-order valence-electron chi connectivity index (χ3n) is 10.8. The monoisotopic (exact) mass is 589 g/mol. The second-order valence-corrected chi connectivity index (χ2v) is 16.5. The number of halogens is 1. The van der Waals surface area contributed by atoms with E-state index in [9.17, 15) is 9.18 Å². The zero-order chi connectivity index (χ0) is 30.5. The number of alkyl halides is 1. The molecule has 1 amide bonds. The van der Waals surface area contributed by atoms with Crippen LogP contribution in [-0.4, -0.2) is 38.4 Å². The predicted octanol–water partition coefficient (Wildman–Crippen LogP) is 7.62. The van der Waals surface area contributed by atoms with E-state index in [1.165, 1.54) is 0 Å². The first-order valence-corrected chi connectivity index (χ1v) is 15.9. The molecule has 8 nitrogen and oxygen atoms in total. The van der Waals surface area contributed by atoms with E-state index >= 15 is 0 Å². The fraction of sp³-hybridized carbons (Fsp3) is 0.676. The van der Waals surface area contributed by atoms with Crippen LogP contribution in [0.5, 0.6) is 0 Å². The van der Waals surface area contributed by atoms with Crippen LogP contribution in [0.15, 0.2) is 33.3 Å². The van der Waals surface area contributed by atoms with Crippen LogP contribution >= 0.6 is 0 Å². The summed E-state index contributed by atoms with van der Waals surface area (Å²) >= 11 is 0. The molecule has 6 aliphatic rings. The molecule has 0 atom stereocenters. The predicted molar refractivity (Wildman–Crippen MR) is 160 cm³/mol.